The molecular weight excluding hydrogens is 448 g/mol. The van der Waals surface area contributed by atoms with Crippen LogP contribution in [-0.2, 0) is 4.79 Å². The van der Waals surface area contributed by atoms with E-state index in [4.69, 9.17) is 12.2 Å². The van der Waals surface area contributed by atoms with Crippen LogP contribution in [0.5, 0.6) is 0 Å². The number of nitro benzene ring substituents is 1. The molecule has 0 bridgehead atoms. The number of hydrogen-bond donors (Lipinski definition) is 0. The van der Waals surface area contributed by atoms with Gasteiger partial charge < -0.3 is 0 Å². The number of anilines is 1. The van der Waals surface area contributed by atoms with E-state index in [2.05, 4.69) is 31.2 Å². The number of rotatable bonds is 5. The smallest absolute Gasteiger partial charge is 0.268 e. The number of non-ortho nitro benzene ring substituents is 1. The van der Waals surface area contributed by atoms with Gasteiger partial charge >= 0.3 is 0 Å². The Kier molecular flexibility index (Phi) is 6.22. The molecule has 0 spiro atoms. The maximum absolute atomic E-state index is 12.9. The average molecular weight is 465 g/mol. The molecule has 154 valence electrons. The first-order valence-corrected chi connectivity index (χ1v) is 11.3. The molecule has 8 heteroatoms. The maximum Gasteiger partial charge on any atom is 0.270 e. The zero-order valence-corrected chi connectivity index (χ0v) is 18.8. The third-order valence-corrected chi connectivity index (χ3v) is 6.86. The van der Waals surface area contributed by atoms with Crippen LogP contribution in [0.15, 0.2) is 87.5 Å². The van der Waals surface area contributed by atoms with Gasteiger partial charge in [-0.3, -0.25) is 19.8 Å². The van der Waals surface area contributed by atoms with Crippen LogP contribution in [0.4, 0.5) is 11.4 Å². The number of benzene rings is 3. The highest BCUT2D eigenvalue weighted by Gasteiger charge is 2.33. The number of hydrogen-bond acceptors (Lipinski definition) is 6. The molecule has 0 atom stereocenters. The Morgan fingerprint density at radius 1 is 0.968 bits per heavy atom. The quantitative estimate of drug-likeness (QED) is 0.187. The van der Waals surface area contributed by atoms with E-state index < -0.39 is 4.92 Å². The van der Waals surface area contributed by atoms with Gasteiger partial charge in [0.1, 0.15) is 0 Å². The fraction of sp³-hybridized carbons (Fsp3) is 0.0435. The van der Waals surface area contributed by atoms with Crippen LogP contribution in [0, 0.1) is 17.0 Å². The van der Waals surface area contributed by atoms with Crippen molar-refractivity contribution in [1.82, 2.24) is 0 Å². The second kappa shape index (κ2) is 9.05. The summed E-state index contributed by atoms with van der Waals surface area (Å²) in [6.07, 6.45) is 1.81. The van der Waals surface area contributed by atoms with Gasteiger partial charge in [-0.15, -0.1) is 0 Å². The monoisotopic (exact) mass is 464 g/mol. The summed E-state index contributed by atoms with van der Waals surface area (Å²) in [6.45, 7) is 2.06. The third kappa shape index (κ3) is 4.87. The average Bonchev–Trinajstić information content (AvgIpc) is 3.04. The molecule has 1 fully saturated rings. The summed E-state index contributed by atoms with van der Waals surface area (Å²) in [5.74, 6) is -0.234. The third-order valence-electron chi connectivity index (χ3n) is 4.55. The molecule has 4 rings (SSSR count). The number of aryl methyl sites for hydroxylation is 1. The van der Waals surface area contributed by atoms with Gasteiger partial charge in [0.15, 0.2) is 4.32 Å². The standard InChI is InChI=1S/C23H16N2O3S3/c1-15-2-10-19(11-3-15)30-20-12-4-16(5-13-20)14-21-22(26)24(23(29)31-21)17-6-8-18(9-7-17)25(27)28/h2-14H,1H3/b21-14+. The lowest BCUT2D eigenvalue weighted by Crippen LogP contribution is -2.27. The summed E-state index contributed by atoms with van der Waals surface area (Å²) < 4.78 is 0.400. The number of nitrogens with zero attached hydrogens (tertiary/aromatic N) is 2. The summed E-state index contributed by atoms with van der Waals surface area (Å²) >= 11 is 8.27. The SMILES string of the molecule is Cc1ccc(Sc2ccc(/C=C3/SC(=S)N(c4ccc([N+](=O)[O-])cc4)C3=O)cc2)cc1. The second-order valence-corrected chi connectivity index (χ2v) is 9.60. The highest BCUT2D eigenvalue weighted by Crippen LogP contribution is 2.37. The molecule has 5 nitrogen and oxygen atoms in total. The van der Waals surface area contributed by atoms with Crippen molar-refractivity contribution in [2.75, 3.05) is 4.90 Å². The predicted octanol–water partition coefficient (Wildman–Crippen LogP) is 6.46. The van der Waals surface area contributed by atoms with Crippen LogP contribution in [0.3, 0.4) is 0 Å². The van der Waals surface area contributed by atoms with Crippen molar-refractivity contribution in [2.45, 2.75) is 16.7 Å². The second-order valence-electron chi connectivity index (χ2n) is 6.77. The van der Waals surface area contributed by atoms with Gasteiger partial charge in [0.05, 0.1) is 15.5 Å². The van der Waals surface area contributed by atoms with E-state index in [-0.39, 0.29) is 11.6 Å². The molecule has 0 radical (unpaired) electrons. The molecule has 31 heavy (non-hydrogen) atoms. The lowest BCUT2D eigenvalue weighted by molar-refractivity contribution is -0.384. The van der Waals surface area contributed by atoms with E-state index in [0.717, 1.165) is 10.5 Å². The van der Waals surface area contributed by atoms with Crippen LogP contribution in [-0.4, -0.2) is 15.2 Å². The van der Waals surface area contributed by atoms with Crippen molar-refractivity contribution < 1.29 is 9.72 Å². The molecule has 1 aliphatic heterocycles. The Balaban J connectivity index is 1.49. The van der Waals surface area contributed by atoms with Crippen LogP contribution in [0.2, 0.25) is 0 Å². The molecule has 0 aromatic heterocycles. The first-order chi connectivity index (χ1) is 14.9. The van der Waals surface area contributed by atoms with E-state index in [1.165, 1.54) is 51.4 Å². The van der Waals surface area contributed by atoms with Gasteiger partial charge in [-0.2, -0.15) is 0 Å². The minimum atomic E-state index is -0.477. The molecule has 1 aliphatic rings. The van der Waals surface area contributed by atoms with Crippen LogP contribution < -0.4 is 4.90 Å². The first kappa shape index (κ1) is 21.3. The van der Waals surface area contributed by atoms with E-state index in [1.807, 2.05) is 30.3 Å². The fourth-order valence-corrected chi connectivity index (χ4v) is 5.06. The number of thiocarbonyl (C=S) groups is 1. The molecule has 1 saturated heterocycles. The number of carbonyl (C=O) groups is 1. The van der Waals surface area contributed by atoms with Gasteiger partial charge in [0.25, 0.3) is 11.6 Å². The number of nitro groups is 1. The molecular formula is C23H16N2O3S3. The van der Waals surface area contributed by atoms with Crippen molar-refractivity contribution in [2.24, 2.45) is 0 Å². The summed E-state index contributed by atoms with van der Waals surface area (Å²) in [7, 11) is 0. The van der Waals surface area contributed by atoms with Gasteiger partial charge in [0.2, 0.25) is 0 Å². The minimum Gasteiger partial charge on any atom is -0.268 e. The number of amides is 1. The van der Waals surface area contributed by atoms with Crippen LogP contribution >= 0.6 is 35.7 Å². The highest BCUT2D eigenvalue weighted by molar-refractivity contribution is 8.27. The van der Waals surface area contributed by atoms with E-state index in [9.17, 15) is 14.9 Å². The normalized spacial score (nSPS) is 15.0. The van der Waals surface area contributed by atoms with Gasteiger partial charge in [-0.05, 0) is 55.0 Å². The molecule has 3 aromatic carbocycles. The molecule has 0 aliphatic carbocycles. The molecule has 1 heterocycles. The Morgan fingerprint density at radius 3 is 2.13 bits per heavy atom. The Bertz CT molecular complexity index is 1190. The van der Waals surface area contributed by atoms with Crippen LogP contribution in [0.1, 0.15) is 11.1 Å². The molecule has 0 saturated carbocycles. The topological polar surface area (TPSA) is 63.4 Å². The summed E-state index contributed by atoms with van der Waals surface area (Å²) in [6, 6.07) is 22.1. The van der Waals surface area contributed by atoms with Gasteiger partial charge in [0, 0.05) is 21.9 Å². The minimum absolute atomic E-state index is 0.0340. The van der Waals surface area contributed by atoms with Crippen molar-refractivity contribution in [3.63, 3.8) is 0 Å². The Labute approximate surface area is 193 Å². The van der Waals surface area contributed by atoms with Crippen molar-refractivity contribution in [1.29, 1.82) is 0 Å². The Morgan fingerprint density at radius 2 is 1.55 bits per heavy atom. The predicted molar refractivity (Wildman–Crippen MR) is 130 cm³/mol. The summed E-state index contributed by atoms with van der Waals surface area (Å²) in [5.41, 5.74) is 2.61. The molecule has 0 unspecified atom stereocenters. The van der Waals surface area contributed by atoms with Gasteiger partial charge in [-0.25, -0.2) is 0 Å². The first-order valence-electron chi connectivity index (χ1n) is 9.28. The van der Waals surface area contributed by atoms with E-state index in [1.54, 1.807) is 11.8 Å². The molecule has 1 amide bonds. The molecule has 0 N–H and O–H groups in total. The summed E-state index contributed by atoms with van der Waals surface area (Å²) in [4.78, 5) is 27.4. The van der Waals surface area contributed by atoms with Crippen LogP contribution in [0.25, 0.3) is 6.08 Å². The van der Waals surface area contributed by atoms with Gasteiger partial charge in [-0.1, -0.05) is 65.6 Å². The Hall–Kier alpha value is -2.94. The molecule has 3 aromatic rings. The van der Waals surface area contributed by atoms with E-state index in [0.29, 0.717) is 14.9 Å². The van der Waals surface area contributed by atoms with Crippen molar-refractivity contribution in [3.05, 3.63) is 98.9 Å². The number of carbonyl (C=O) groups excluding carboxylic acids is 1. The van der Waals surface area contributed by atoms with Crippen molar-refractivity contribution >= 4 is 63.4 Å². The zero-order valence-electron chi connectivity index (χ0n) is 16.3. The lowest BCUT2D eigenvalue weighted by Gasteiger charge is -2.13. The van der Waals surface area contributed by atoms with Crippen molar-refractivity contribution in [3.8, 4) is 0 Å². The maximum atomic E-state index is 12.9. The fourth-order valence-electron chi connectivity index (χ4n) is 2.94. The largest absolute Gasteiger partial charge is 0.270 e. The highest BCUT2D eigenvalue weighted by atomic mass is 32.2. The number of thioether (sulfide) groups is 1. The summed E-state index contributed by atoms with van der Waals surface area (Å²) in [5, 5.41) is 10.8. The zero-order chi connectivity index (χ0) is 22.0. The lowest BCUT2D eigenvalue weighted by atomic mass is 10.2. The van der Waals surface area contributed by atoms with E-state index >= 15 is 0 Å².